The molecule has 4 aromatic rings. The van der Waals surface area contributed by atoms with Crippen LogP contribution in [-0.2, 0) is 13.1 Å². The number of aryl methyl sites for hydroxylation is 1. The Kier molecular flexibility index (Phi) is 6.84. The molecule has 2 aromatic heterocycles. The van der Waals surface area contributed by atoms with Crippen molar-refractivity contribution in [1.82, 2.24) is 15.6 Å². The Balaban J connectivity index is 1.29. The molecule has 3 N–H and O–H groups in total. The maximum absolute atomic E-state index is 12.2. The number of guanidine groups is 1. The van der Waals surface area contributed by atoms with E-state index in [-0.39, 0.29) is 11.7 Å². The quantitative estimate of drug-likeness (QED) is 0.290. The van der Waals surface area contributed by atoms with Gasteiger partial charge < -0.3 is 24.8 Å². The summed E-state index contributed by atoms with van der Waals surface area (Å²) in [5, 5.41) is 9.31. The minimum Gasteiger partial charge on any atom is -0.459 e. The highest BCUT2D eigenvalue weighted by molar-refractivity contribution is 6.02. The predicted octanol–water partition coefficient (Wildman–Crippen LogP) is 4.36. The molecule has 0 aliphatic carbocycles. The van der Waals surface area contributed by atoms with E-state index >= 15 is 0 Å². The zero-order chi connectivity index (χ0) is 23.0. The van der Waals surface area contributed by atoms with Crippen LogP contribution in [0.1, 0.15) is 27.4 Å². The van der Waals surface area contributed by atoms with Gasteiger partial charge in [0.05, 0.1) is 18.5 Å². The molecule has 8 heteroatoms. The van der Waals surface area contributed by atoms with E-state index in [2.05, 4.69) is 25.9 Å². The topological polar surface area (TPSA) is 105 Å². The molecule has 2 heterocycles. The first-order chi connectivity index (χ1) is 16.1. The second-order valence-corrected chi connectivity index (χ2v) is 7.42. The number of nitrogens with zero attached hydrogens (tertiary/aromatic N) is 2. The fourth-order valence-electron chi connectivity index (χ4n) is 3.16. The zero-order valence-electron chi connectivity index (χ0n) is 18.5. The second kappa shape index (κ2) is 10.3. The SMILES string of the molecule is CN=C(NCc1cccc(NC(=O)c2ccco2)c1)NCc1coc(-c2ccc(C)cc2)n1. The summed E-state index contributed by atoms with van der Waals surface area (Å²) in [5.41, 5.74) is 4.57. The summed E-state index contributed by atoms with van der Waals surface area (Å²) in [7, 11) is 1.70. The monoisotopic (exact) mass is 443 g/mol. The highest BCUT2D eigenvalue weighted by Crippen LogP contribution is 2.19. The smallest absolute Gasteiger partial charge is 0.291 e. The molecule has 0 atom stereocenters. The third-order valence-corrected chi connectivity index (χ3v) is 4.90. The van der Waals surface area contributed by atoms with Crippen LogP contribution in [0.2, 0.25) is 0 Å². The molecule has 0 radical (unpaired) electrons. The lowest BCUT2D eigenvalue weighted by atomic mass is 10.1. The molecular formula is C25H25N5O3. The van der Waals surface area contributed by atoms with Crippen molar-refractivity contribution < 1.29 is 13.6 Å². The number of rotatable bonds is 7. The maximum Gasteiger partial charge on any atom is 0.291 e. The Bertz CT molecular complexity index is 1230. The third-order valence-electron chi connectivity index (χ3n) is 4.90. The number of aliphatic imine (C=N–C) groups is 1. The summed E-state index contributed by atoms with van der Waals surface area (Å²) in [6.07, 6.45) is 3.11. The molecular weight excluding hydrogens is 418 g/mol. The Morgan fingerprint density at radius 2 is 1.82 bits per heavy atom. The number of furan rings is 1. The molecule has 0 bridgehead atoms. The van der Waals surface area contributed by atoms with E-state index in [1.807, 2.05) is 55.5 Å². The minimum absolute atomic E-state index is 0.265. The van der Waals surface area contributed by atoms with Gasteiger partial charge in [-0.05, 0) is 48.9 Å². The average molecular weight is 444 g/mol. The number of benzene rings is 2. The Morgan fingerprint density at radius 1 is 1.00 bits per heavy atom. The van der Waals surface area contributed by atoms with Gasteiger partial charge in [-0.3, -0.25) is 9.79 Å². The lowest BCUT2D eigenvalue weighted by Gasteiger charge is -2.12. The van der Waals surface area contributed by atoms with Crippen LogP contribution < -0.4 is 16.0 Å². The maximum atomic E-state index is 12.2. The van der Waals surface area contributed by atoms with Gasteiger partial charge >= 0.3 is 0 Å². The molecule has 0 aliphatic rings. The number of nitrogens with one attached hydrogen (secondary N) is 3. The Labute approximate surface area is 191 Å². The lowest BCUT2D eigenvalue weighted by Crippen LogP contribution is -2.36. The molecule has 33 heavy (non-hydrogen) atoms. The van der Waals surface area contributed by atoms with E-state index in [1.54, 1.807) is 25.4 Å². The van der Waals surface area contributed by atoms with Crippen molar-refractivity contribution >= 4 is 17.6 Å². The van der Waals surface area contributed by atoms with Crippen molar-refractivity contribution in [2.75, 3.05) is 12.4 Å². The fourth-order valence-corrected chi connectivity index (χ4v) is 3.16. The molecule has 1 amide bonds. The molecule has 168 valence electrons. The van der Waals surface area contributed by atoms with Gasteiger partial charge in [-0.1, -0.05) is 29.8 Å². The summed E-state index contributed by atoms with van der Waals surface area (Å²) >= 11 is 0. The third kappa shape index (κ3) is 5.88. The van der Waals surface area contributed by atoms with Gasteiger partial charge in [0.15, 0.2) is 11.7 Å². The van der Waals surface area contributed by atoms with Gasteiger partial charge in [-0.2, -0.15) is 0 Å². The van der Waals surface area contributed by atoms with Gasteiger partial charge in [0.25, 0.3) is 5.91 Å². The molecule has 0 spiro atoms. The van der Waals surface area contributed by atoms with Crippen molar-refractivity contribution in [3.8, 4) is 11.5 Å². The van der Waals surface area contributed by atoms with Gasteiger partial charge in [-0.25, -0.2) is 4.98 Å². The highest BCUT2D eigenvalue weighted by atomic mass is 16.3. The summed E-state index contributed by atoms with van der Waals surface area (Å²) < 4.78 is 10.7. The first kappa shape index (κ1) is 21.9. The molecule has 0 aliphatic heterocycles. The van der Waals surface area contributed by atoms with Crippen LogP contribution in [-0.4, -0.2) is 23.9 Å². The second-order valence-electron chi connectivity index (χ2n) is 7.42. The van der Waals surface area contributed by atoms with Crippen LogP contribution in [0.15, 0.2) is 87.0 Å². The zero-order valence-corrected chi connectivity index (χ0v) is 18.5. The standard InChI is InChI=1S/C25H25N5O3/c1-17-8-10-19(11-9-17)24-30-21(16-33-24)15-28-25(26-2)27-14-18-5-3-6-20(13-18)29-23(31)22-7-4-12-32-22/h3-13,16H,14-15H2,1-2H3,(H,29,31)(H2,26,27,28). The normalized spacial score (nSPS) is 11.3. The summed E-state index contributed by atoms with van der Waals surface area (Å²) in [6.45, 7) is 3.03. The number of oxazole rings is 1. The van der Waals surface area contributed by atoms with E-state index < -0.39 is 0 Å². The van der Waals surface area contributed by atoms with Crippen molar-refractivity contribution in [2.45, 2.75) is 20.0 Å². The first-order valence-corrected chi connectivity index (χ1v) is 10.5. The van der Waals surface area contributed by atoms with E-state index in [0.717, 1.165) is 16.8 Å². The summed E-state index contributed by atoms with van der Waals surface area (Å²) in [5.74, 6) is 1.18. The molecule has 0 saturated heterocycles. The summed E-state index contributed by atoms with van der Waals surface area (Å²) in [6, 6.07) is 18.9. The molecule has 0 saturated carbocycles. The number of carbonyl (C=O) groups is 1. The van der Waals surface area contributed by atoms with E-state index in [4.69, 9.17) is 8.83 Å². The fraction of sp³-hybridized carbons (Fsp3) is 0.160. The van der Waals surface area contributed by atoms with Crippen molar-refractivity contribution in [3.05, 3.63) is 95.8 Å². The van der Waals surface area contributed by atoms with Gasteiger partial charge in [0.2, 0.25) is 5.89 Å². The van der Waals surface area contributed by atoms with Crippen LogP contribution in [0.5, 0.6) is 0 Å². The molecule has 8 nitrogen and oxygen atoms in total. The van der Waals surface area contributed by atoms with Crippen LogP contribution in [0.4, 0.5) is 5.69 Å². The molecule has 0 fully saturated rings. The van der Waals surface area contributed by atoms with Gasteiger partial charge in [-0.15, -0.1) is 0 Å². The van der Waals surface area contributed by atoms with Crippen molar-refractivity contribution in [3.63, 3.8) is 0 Å². The minimum atomic E-state index is -0.291. The Morgan fingerprint density at radius 3 is 2.58 bits per heavy atom. The van der Waals surface area contributed by atoms with E-state index in [1.165, 1.54) is 11.8 Å². The van der Waals surface area contributed by atoms with Crippen LogP contribution in [0.3, 0.4) is 0 Å². The van der Waals surface area contributed by atoms with Crippen molar-refractivity contribution in [2.24, 2.45) is 4.99 Å². The highest BCUT2D eigenvalue weighted by Gasteiger charge is 2.10. The van der Waals surface area contributed by atoms with Gasteiger partial charge in [0.1, 0.15) is 6.26 Å². The van der Waals surface area contributed by atoms with Crippen LogP contribution in [0, 0.1) is 6.92 Å². The predicted molar refractivity (Wildman–Crippen MR) is 127 cm³/mol. The van der Waals surface area contributed by atoms with Gasteiger partial charge in [0, 0.05) is 24.8 Å². The number of carbonyl (C=O) groups excluding carboxylic acids is 1. The van der Waals surface area contributed by atoms with E-state index in [9.17, 15) is 4.79 Å². The molecule has 2 aromatic carbocycles. The Hall–Kier alpha value is -4.33. The van der Waals surface area contributed by atoms with E-state index in [0.29, 0.717) is 30.6 Å². The average Bonchev–Trinajstić information content (AvgIpc) is 3.53. The summed E-state index contributed by atoms with van der Waals surface area (Å²) in [4.78, 5) is 20.9. The number of amides is 1. The number of hydrogen-bond acceptors (Lipinski definition) is 5. The number of aromatic nitrogens is 1. The first-order valence-electron chi connectivity index (χ1n) is 10.5. The van der Waals surface area contributed by atoms with Crippen molar-refractivity contribution in [1.29, 1.82) is 0 Å². The molecule has 4 rings (SSSR count). The van der Waals surface area contributed by atoms with Crippen LogP contribution >= 0.6 is 0 Å². The van der Waals surface area contributed by atoms with Crippen LogP contribution in [0.25, 0.3) is 11.5 Å². The number of anilines is 1. The molecule has 0 unspecified atom stereocenters. The number of hydrogen-bond donors (Lipinski definition) is 3. The lowest BCUT2D eigenvalue weighted by molar-refractivity contribution is 0.0996. The largest absolute Gasteiger partial charge is 0.459 e.